The molecule has 1 atom stereocenters. The number of rotatable bonds is 2. The Morgan fingerprint density at radius 1 is 1.25 bits per heavy atom. The lowest BCUT2D eigenvalue weighted by Crippen LogP contribution is -2.34. The number of benzene rings is 1. The van der Waals surface area contributed by atoms with E-state index in [2.05, 4.69) is 11.1 Å². The number of hydrogen-bond donors (Lipinski definition) is 1. The average molecular weight is 268 g/mol. The van der Waals surface area contributed by atoms with Gasteiger partial charge in [-0.3, -0.25) is 4.98 Å². The number of nitrogens with zero attached hydrogens (tertiary/aromatic N) is 2. The highest BCUT2D eigenvalue weighted by molar-refractivity contribution is 5.85. The molecule has 1 aliphatic rings. The van der Waals surface area contributed by atoms with Crippen LogP contribution < -0.4 is 0 Å². The second-order valence-electron chi connectivity index (χ2n) is 5.23. The summed E-state index contributed by atoms with van der Waals surface area (Å²) in [6.07, 6.45) is 3.70. The molecular formula is C16H16N2O2. The maximum absolute atomic E-state index is 10.8. The van der Waals surface area contributed by atoms with E-state index in [-0.39, 0.29) is 0 Å². The molecule has 1 aliphatic heterocycles. The van der Waals surface area contributed by atoms with Crippen LogP contribution in [0.4, 0.5) is 0 Å². The lowest BCUT2D eigenvalue weighted by Gasteiger charge is -2.35. The first kappa shape index (κ1) is 13.0. The molecule has 1 aromatic heterocycles. The zero-order chi connectivity index (χ0) is 14.0. The van der Waals surface area contributed by atoms with Gasteiger partial charge in [-0.2, -0.15) is 5.26 Å². The second kappa shape index (κ2) is 5.20. The summed E-state index contributed by atoms with van der Waals surface area (Å²) in [6, 6.07) is 10.1. The quantitative estimate of drug-likeness (QED) is 0.909. The van der Waals surface area contributed by atoms with E-state index in [1.165, 1.54) is 0 Å². The first-order valence-corrected chi connectivity index (χ1v) is 6.76. The van der Waals surface area contributed by atoms with E-state index in [1.807, 2.05) is 24.3 Å². The fourth-order valence-electron chi connectivity index (χ4n) is 2.84. The van der Waals surface area contributed by atoms with Gasteiger partial charge in [-0.15, -0.1) is 0 Å². The zero-order valence-corrected chi connectivity index (χ0v) is 11.1. The van der Waals surface area contributed by atoms with Gasteiger partial charge in [-0.25, -0.2) is 0 Å². The molecule has 0 spiro atoms. The van der Waals surface area contributed by atoms with Crippen molar-refractivity contribution in [3.8, 4) is 6.07 Å². The van der Waals surface area contributed by atoms with Gasteiger partial charge in [0, 0.05) is 36.6 Å². The molecule has 4 nitrogen and oxygen atoms in total. The summed E-state index contributed by atoms with van der Waals surface area (Å²) in [5.74, 6) is 0. The summed E-state index contributed by atoms with van der Waals surface area (Å²) in [4.78, 5) is 4.19. The topological polar surface area (TPSA) is 66.1 Å². The van der Waals surface area contributed by atoms with E-state index >= 15 is 0 Å². The van der Waals surface area contributed by atoms with Gasteiger partial charge >= 0.3 is 0 Å². The predicted octanol–water partition coefficient (Wildman–Crippen LogP) is 2.59. The van der Waals surface area contributed by atoms with Crippen molar-refractivity contribution in [2.75, 3.05) is 13.2 Å². The molecule has 0 amide bonds. The molecule has 20 heavy (non-hydrogen) atoms. The van der Waals surface area contributed by atoms with Crippen LogP contribution in [0.25, 0.3) is 10.8 Å². The van der Waals surface area contributed by atoms with Crippen LogP contribution in [0.1, 0.15) is 24.5 Å². The Labute approximate surface area is 117 Å². The van der Waals surface area contributed by atoms with E-state index in [9.17, 15) is 10.4 Å². The van der Waals surface area contributed by atoms with Crippen LogP contribution in [0.15, 0.2) is 36.7 Å². The Kier molecular flexibility index (Phi) is 3.39. The number of pyridine rings is 1. The Balaban J connectivity index is 2.08. The predicted molar refractivity (Wildman–Crippen MR) is 74.8 cm³/mol. The highest BCUT2D eigenvalue weighted by atomic mass is 16.5. The van der Waals surface area contributed by atoms with Crippen molar-refractivity contribution in [2.24, 2.45) is 5.41 Å². The van der Waals surface area contributed by atoms with Gasteiger partial charge in [-0.1, -0.05) is 24.3 Å². The van der Waals surface area contributed by atoms with Crippen molar-refractivity contribution >= 4 is 10.8 Å². The molecule has 2 heterocycles. The van der Waals surface area contributed by atoms with Crippen LogP contribution >= 0.6 is 0 Å². The molecule has 1 saturated heterocycles. The Morgan fingerprint density at radius 3 is 2.75 bits per heavy atom. The molecule has 3 rings (SSSR count). The van der Waals surface area contributed by atoms with Gasteiger partial charge in [0.25, 0.3) is 0 Å². The molecule has 1 N–H and O–H groups in total. The van der Waals surface area contributed by atoms with Gasteiger partial charge < -0.3 is 9.84 Å². The second-order valence-corrected chi connectivity index (χ2v) is 5.23. The third-order valence-electron chi connectivity index (χ3n) is 4.12. The summed E-state index contributed by atoms with van der Waals surface area (Å²) >= 11 is 0. The van der Waals surface area contributed by atoms with Crippen molar-refractivity contribution in [1.29, 1.82) is 5.26 Å². The largest absolute Gasteiger partial charge is 0.387 e. The van der Waals surface area contributed by atoms with E-state index in [0.29, 0.717) is 26.1 Å². The minimum Gasteiger partial charge on any atom is -0.387 e. The average Bonchev–Trinajstić information content (AvgIpc) is 2.54. The number of aliphatic hydroxyl groups is 1. The van der Waals surface area contributed by atoms with E-state index in [1.54, 1.807) is 12.4 Å². The van der Waals surface area contributed by atoms with E-state index in [4.69, 9.17) is 4.74 Å². The van der Waals surface area contributed by atoms with Crippen molar-refractivity contribution in [2.45, 2.75) is 18.9 Å². The van der Waals surface area contributed by atoms with Crippen molar-refractivity contribution < 1.29 is 9.84 Å². The molecule has 0 aliphatic carbocycles. The lowest BCUT2D eigenvalue weighted by atomic mass is 9.74. The summed E-state index contributed by atoms with van der Waals surface area (Å²) in [6.45, 7) is 1.03. The van der Waals surface area contributed by atoms with Crippen LogP contribution in [0, 0.1) is 16.7 Å². The Hall–Kier alpha value is -1.96. The number of ether oxygens (including phenoxy) is 1. The van der Waals surface area contributed by atoms with Crippen molar-refractivity contribution in [1.82, 2.24) is 4.98 Å². The number of hydrogen-bond acceptors (Lipinski definition) is 4. The van der Waals surface area contributed by atoms with Crippen LogP contribution in [0.3, 0.4) is 0 Å². The summed E-state index contributed by atoms with van der Waals surface area (Å²) in [5.41, 5.74) is -0.0455. The highest BCUT2D eigenvalue weighted by Gasteiger charge is 2.41. The van der Waals surface area contributed by atoms with Gasteiger partial charge in [-0.05, 0) is 18.2 Å². The number of aromatic nitrogens is 1. The molecule has 102 valence electrons. The standard InChI is InChI=1S/C16H16N2O2/c17-11-16(5-7-20-8-6-16)15(19)14-10-18-9-12-3-1-2-4-13(12)14/h1-4,9-10,15,19H,5-8H2. The molecule has 0 radical (unpaired) electrons. The van der Waals surface area contributed by atoms with Gasteiger partial charge in [0.2, 0.25) is 0 Å². The SMILES string of the molecule is N#CC1(C(O)c2cncc3ccccc23)CCOCC1. The van der Waals surface area contributed by atoms with Crippen LogP contribution in [-0.2, 0) is 4.74 Å². The van der Waals surface area contributed by atoms with Crippen molar-refractivity contribution in [3.05, 3.63) is 42.2 Å². The van der Waals surface area contributed by atoms with E-state index in [0.717, 1.165) is 16.3 Å². The van der Waals surface area contributed by atoms with Crippen LogP contribution in [0.2, 0.25) is 0 Å². The molecule has 0 bridgehead atoms. The number of fused-ring (bicyclic) bond motifs is 1. The number of nitriles is 1. The van der Waals surface area contributed by atoms with Gasteiger partial charge in [0.15, 0.2) is 0 Å². The fraction of sp³-hybridized carbons (Fsp3) is 0.375. The smallest absolute Gasteiger partial charge is 0.0998 e. The van der Waals surface area contributed by atoms with E-state index < -0.39 is 11.5 Å². The van der Waals surface area contributed by atoms with Crippen LogP contribution in [0.5, 0.6) is 0 Å². The normalized spacial score (nSPS) is 19.4. The molecule has 1 aromatic carbocycles. The minimum atomic E-state index is -0.838. The molecule has 1 fully saturated rings. The summed E-state index contributed by atoms with van der Waals surface area (Å²) < 4.78 is 5.32. The van der Waals surface area contributed by atoms with Crippen LogP contribution in [-0.4, -0.2) is 23.3 Å². The number of aliphatic hydroxyl groups excluding tert-OH is 1. The zero-order valence-electron chi connectivity index (χ0n) is 11.1. The molecule has 2 aromatic rings. The molecule has 1 unspecified atom stereocenters. The fourth-order valence-corrected chi connectivity index (χ4v) is 2.84. The summed E-state index contributed by atoms with van der Waals surface area (Å²) in [7, 11) is 0. The van der Waals surface area contributed by atoms with Gasteiger partial charge in [0.05, 0.1) is 17.6 Å². The maximum atomic E-state index is 10.8. The Morgan fingerprint density at radius 2 is 2.00 bits per heavy atom. The highest BCUT2D eigenvalue weighted by Crippen LogP contribution is 2.43. The molecule has 0 saturated carbocycles. The third kappa shape index (κ3) is 2.05. The first-order chi connectivity index (χ1) is 9.77. The minimum absolute atomic E-state index is 0.517. The third-order valence-corrected chi connectivity index (χ3v) is 4.12. The molecule has 4 heteroatoms. The maximum Gasteiger partial charge on any atom is 0.0998 e. The Bertz CT molecular complexity index is 652. The first-order valence-electron chi connectivity index (χ1n) is 6.76. The molecular weight excluding hydrogens is 252 g/mol. The van der Waals surface area contributed by atoms with Crippen molar-refractivity contribution in [3.63, 3.8) is 0 Å². The summed E-state index contributed by atoms with van der Waals surface area (Å²) in [5, 5.41) is 22.3. The van der Waals surface area contributed by atoms with Gasteiger partial charge in [0.1, 0.15) is 0 Å². The lowest BCUT2D eigenvalue weighted by molar-refractivity contribution is -0.0305. The monoisotopic (exact) mass is 268 g/mol.